The Kier molecular flexibility index (Phi) is 4.37. The lowest BCUT2D eigenvalue weighted by molar-refractivity contribution is 0.368. The van der Waals surface area contributed by atoms with Crippen molar-refractivity contribution in [2.75, 3.05) is 6.61 Å². The Bertz CT molecular complexity index is 956. The summed E-state index contributed by atoms with van der Waals surface area (Å²) in [4.78, 5) is 4.26. The zero-order chi connectivity index (χ0) is 17.3. The molecule has 0 fully saturated rings. The largest absolute Gasteiger partial charge is 0.479 e. The number of ether oxygens (including phenoxy) is 1. The lowest BCUT2D eigenvalue weighted by atomic mass is 9.93. The van der Waals surface area contributed by atoms with Gasteiger partial charge >= 0.3 is 0 Å². The molecule has 0 saturated carbocycles. The number of hydrogen-bond acceptors (Lipinski definition) is 3. The molecule has 120 valence electrons. The van der Waals surface area contributed by atoms with E-state index in [4.69, 9.17) is 21.6 Å². The number of halogens is 2. The summed E-state index contributed by atoms with van der Waals surface area (Å²) in [6, 6.07) is 10.4. The number of benzene rings is 2. The van der Waals surface area contributed by atoms with E-state index in [2.05, 4.69) is 4.98 Å². The zero-order valence-electron chi connectivity index (χ0n) is 13.2. The van der Waals surface area contributed by atoms with E-state index in [9.17, 15) is 4.39 Å². The van der Waals surface area contributed by atoms with E-state index >= 15 is 0 Å². The number of hydrogen-bond donors (Lipinski definition) is 0. The monoisotopic (exact) mass is 340 g/mol. The molecule has 2 aromatic carbocycles. The third-order valence-corrected chi connectivity index (χ3v) is 4.18. The average molecular weight is 341 g/mol. The molecule has 0 saturated heterocycles. The van der Waals surface area contributed by atoms with Gasteiger partial charge in [0.1, 0.15) is 22.8 Å². The number of nitriles is 1. The smallest absolute Gasteiger partial charge is 0.174 e. The maximum absolute atomic E-state index is 13.6. The maximum atomic E-state index is 13.6. The number of aromatic nitrogens is 1. The molecule has 0 spiro atoms. The van der Waals surface area contributed by atoms with Gasteiger partial charge in [-0.15, -0.1) is 0 Å². The predicted octanol–water partition coefficient (Wildman–Crippen LogP) is 5.21. The minimum absolute atomic E-state index is 0.0353. The van der Waals surface area contributed by atoms with Crippen molar-refractivity contribution in [3.8, 4) is 22.9 Å². The summed E-state index contributed by atoms with van der Waals surface area (Å²) >= 11 is 6.24. The molecule has 1 aromatic heterocycles. The van der Waals surface area contributed by atoms with Crippen molar-refractivity contribution in [1.82, 2.24) is 4.98 Å². The van der Waals surface area contributed by atoms with E-state index in [0.29, 0.717) is 10.9 Å². The van der Waals surface area contributed by atoms with Crippen LogP contribution in [0.2, 0.25) is 5.15 Å². The minimum atomic E-state index is -0.257. The molecule has 5 heteroatoms. The molecule has 0 amide bonds. The fourth-order valence-corrected chi connectivity index (χ4v) is 3.13. The highest BCUT2D eigenvalue weighted by Gasteiger charge is 2.14. The third-order valence-electron chi connectivity index (χ3n) is 3.88. The van der Waals surface area contributed by atoms with Crippen LogP contribution in [0.3, 0.4) is 0 Å². The molecule has 0 atom stereocenters. The van der Waals surface area contributed by atoms with Crippen molar-refractivity contribution in [2.24, 2.45) is 0 Å². The number of pyridine rings is 1. The number of nitrogens with zero attached hydrogens (tertiary/aromatic N) is 2. The van der Waals surface area contributed by atoms with Gasteiger partial charge in [0.25, 0.3) is 0 Å². The van der Waals surface area contributed by atoms with Crippen molar-refractivity contribution >= 4 is 22.4 Å². The van der Waals surface area contributed by atoms with Crippen molar-refractivity contribution in [2.45, 2.75) is 13.8 Å². The molecule has 24 heavy (non-hydrogen) atoms. The number of aryl methyl sites for hydroxylation is 2. The third kappa shape index (κ3) is 2.91. The lowest BCUT2D eigenvalue weighted by Crippen LogP contribution is -1.95. The fraction of sp³-hybridized carbons (Fsp3) is 0.158. The highest BCUT2D eigenvalue weighted by atomic mass is 35.5. The van der Waals surface area contributed by atoms with Gasteiger partial charge in [0, 0.05) is 17.1 Å². The van der Waals surface area contributed by atoms with Gasteiger partial charge in [-0.1, -0.05) is 11.6 Å². The summed E-state index contributed by atoms with van der Waals surface area (Å²) in [5.41, 5.74) is 3.50. The van der Waals surface area contributed by atoms with Crippen LogP contribution in [0.1, 0.15) is 11.1 Å². The second-order valence-corrected chi connectivity index (χ2v) is 5.89. The van der Waals surface area contributed by atoms with Gasteiger partial charge in [-0.3, -0.25) is 0 Å². The van der Waals surface area contributed by atoms with Crippen molar-refractivity contribution in [3.05, 3.63) is 58.6 Å². The van der Waals surface area contributed by atoms with Crippen LogP contribution in [0, 0.1) is 31.0 Å². The van der Waals surface area contributed by atoms with Crippen LogP contribution in [-0.4, -0.2) is 11.6 Å². The summed E-state index contributed by atoms with van der Waals surface area (Å²) in [5, 5.41) is 10.6. The summed E-state index contributed by atoms with van der Waals surface area (Å²) in [6.45, 7) is 3.71. The molecule has 0 unspecified atom stereocenters. The predicted molar refractivity (Wildman–Crippen MR) is 92.7 cm³/mol. The average Bonchev–Trinajstić information content (AvgIpc) is 2.54. The molecular formula is C19H14ClFN2O. The highest BCUT2D eigenvalue weighted by Crippen LogP contribution is 2.36. The van der Waals surface area contributed by atoms with E-state index < -0.39 is 0 Å². The van der Waals surface area contributed by atoms with Crippen LogP contribution in [0.4, 0.5) is 4.39 Å². The first-order valence-corrected chi connectivity index (χ1v) is 7.74. The summed E-state index contributed by atoms with van der Waals surface area (Å²) in [5.74, 6) is 0.296. The van der Waals surface area contributed by atoms with Crippen LogP contribution < -0.4 is 4.74 Å². The van der Waals surface area contributed by atoms with Gasteiger partial charge in [-0.05, 0) is 66.3 Å². The van der Waals surface area contributed by atoms with Gasteiger partial charge in [0.15, 0.2) is 6.61 Å². The normalized spacial score (nSPS) is 10.6. The molecule has 3 rings (SSSR count). The van der Waals surface area contributed by atoms with Gasteiger partial charge in [0.2, 0.25) is 0 Å². The van der Waals surface area contributed by atoms with Crippen LogP contribution >= 0.6 is 11.6 Å². The second kappa shape index (κ2) is 6.46. The van der Waals surface area contributed by atoms with Gasteiger partial charge < -0.3 is 4.74 Å². The number of rotatable bonds is 3. The first-order valence-electron chi connectivity index (χ1n) is 7.36. The van der Waals surface area contributed by atoms with Crippen LogP contribution in [0.15, 0.2) is 36.5 Å². The summed E-state index contributed by atoms with van der Waals surface area (Å²) in [7, 11) is 0. The number of fused-ring (bicyclic) bond motifs is 1. The van der Waals surface area contributed by atoms with Gasteiger partial charge in [-0.25, -0.2) is 9.37 Å². The quantitative estimate of drug-likeness (QED) is 0.614. The molecule has 0 aliphatic carbocycles. The first-order chi connectivity index (χ1) is 11.5. The van der Waals surface area contributed by atoms with E-state index in [0.717, 1.165) is 33.0 Å². The van der Waals surface area contributed by atoms with Crippen molar-refractivity contribution in [1.29, 1.82) is 5.26 Å². The Morgan fingerprint density at radius 2 is 1.88 bits per heavy atom. The van der Waals surface area contributed by atoms with E-state index in [1.165, 1.54) is 12.1 Å². The van der Waals surface area contributed by atoms with E-state index in [1.807, 2.05) is 26.0 Å². The Morgan fingerprint density at radius 1 is 1.17 bits per heavy atom. The highest BCUT2D eigenvalue weighted by molar-refractivity contribution is 6.34. The lowest BCUT2D eigenvalue weighted by Gasteiger charge is -2.14. The second-order valence-electron chi connectivity index (χ2n) is 5.53. The molecule has 0 aliphatic rings. The Morgan fingerprint density at radius 3 is 2.54 bits per heavy atom. The van der Waals surface area contributed by atoms with Crippen LogP contribution in [0.25, 0.3) is 21.9 Å². The van der Waals surface area contributed by atoms with Crippen molar-refractivity contribution < 1.29 is 9.13 Å². The van der Waals surface area contributed by atoms with E-state index in [1.54, 1.807) is 18.3 Å². The summed E-state index contributed by atoms with van der Waals surface area (Å²) < 4.78 is 18.9. The Hall–Kier alpha value is -2.64. The zero-order valence-corrected chi connectivity index (χ0v) is 14.0. The SMILES string of the molecule is Cc1cc(F)cc(C)c1-c1cnc(Cl)c2cc(OCC#N)ccc12. The Labute approximate surface area is 144 Å². The molecule has 0 radical (unpaired) electrons. The maximum Gasteiger partial charge on any atom is 0.174 e. The van der Waals surface area contributed by atoms with Gasteiger partial charge in [0.05, 0.1) is 0 Å². The molecule has 3 aromatic rings. The first kappa shape index (κ1) is 16.2. The van der Waals surface area contributed by atoms with Gasteiger partial charge in [-0.2, -0.15) is 5.26 Å². The van der Waals surface area contributed by atoms with Crippen LogP contribution in [0.5, 0.6) is 5.75 Å². The molecule has 1 heterocycles. The standard InChI is InChI=1S/C19H14ClFN2O/c1-11-7-13(21)8-12(2)18(11)17-10-23-19(20)16-9-14(24-6-5-22)3-4-15(16)17/h3-4,7-10H,6H2,1-2H3. The molecule has 0 bridgehead atoms. The molecule has 0 aliphatic heterocycles. The molecule has 0 N–H and O–H groups in total. The fourth-order valence-electron chi connectivity index (χ4n) is 2.93. The van der Waals surface area contributed by atoms with E-state index in [-0.39, 0.29) is 12.4 Å². The molecule has 3 nitrogen and oxygen atoms in total. The Balaban J connectivity index is 2.24. The molecular weight excluding hydrogens is 327 g/mol. The van der Waals surface area contributed by atoms with Crippen molar-refractivity contribution in [3.63, 3.8) is 0 Å². The topological polar surface area (TPSA) is 45.9 Å². The van der Waals surface area contributed by atoms with Crippen LogP contribution in [-0.2, 0) is 0 Å². The summed E-state index contributed by atoms with van der Waals surface area (Å²) in [6.07, 6.45) is 1.70. The minimum Gasteiger partial charge on any atom is -0.479 e.